The van der Waals surface area contributed by atoms with Gasteiger partial charge in [-0.15, -0.1) is 0 Å². The van der Waals surface area contributed by atoms with E-state index in [-0.39, 0.29) is 24.1 Å². The van der Waals surface area contributed by atoms with Crippen LogP contribution >= 0.6 is 0 Å². The van der Waals surface area contributed by atoms with Gasteiger partial charge in [0, 0.05) is 46.7 Å². The van der Waals surface area contributed by atoms with Crippen molar-refractivity contribution in [2.45, 2.75) is 59.2 Å². The van der Waals surface area contributed by atoms with E-state index in [0.717, 1.165) is 17.3 Å². The molecule has 8 heteroatoms. The van der Waals surface area contributed by atoms with Crippen LogP contribution in [0.5, 0.6) is 0 Å². The molecule has 39 heavy (non-hydrogen) atoms. The second kappa shape index (κ2) is 15.8. The summed E-state index contributed by atoms with van der Waals surface area (Å²) < 4.78 is 0. The maximum atomic E-state index is 12.6. The number of aliphatic hydroxyl groups is 2. The van der Waals surface area contributed by atoms with Crippen LogP contribution in [-0.4, -0.2) is 39.0 Å². The number of aromatic nitrogens is 1. The summed E-state index contributed by atoms with van der Waals surface area (Å²) in [7, 11) is 0. The van der Waals surface area contributed by atoms with Crippen molar-refractivity contribution in [3.05, 3.63) is 89.2 Å². The molecule has 8 nitrogen and oxygen atoms in total. The number of nitrogens with two attached hydrogens (primary N) is 1. The summed E-state index contributed by atoms with van der Waals surface area (Å²) in [6.45, 7) is 8.74. The molecule has 3 aromatic rings. The van der Waals surface area contributed by atoms with Gasteiger partial charge in [-0.1, -0.05) is 44.9 Å². The van der Waals surface area contributed by atoms with E-state index >= 15 is 0 Å². The summed E-state index contributed by atoms with van der Waals surface area (Å²) in [4.78, 5) is 16.8. The monoisotopic (exact) mass is 529 g/mol. The van der Waals surface area contributed by atoms with Crippen LogP contribution < -0.4 is 16.4 Å². The molecule has 1 heterocycles. The first-order valence-corrected chi connectivity index (χ1v) is 12.9. The SMILES string of the molecule is CC(C)C.CC(CC(O)CC#CO)Nc1ccc(C(=N)c2cc(C(=O)NCc3ccccn3)ccc2N)cc1. The van der Waals surface area contributed by atoms with Gasteiger partial charge in [0.1, 0.15) is 6.11 Å². The molecular weight excluding hydrogens is 490 g/mol. The number of aliphatic hydroxyl groups excluding tert-OH is 2. The lowest BCUT2D eigenvalue weighted by molar-refractivity contribution is 0.0950. The van der Waals surface area contributed by atoms with Crippen molar-refractivity contribution in [1.82, 2.24) is 10.3 Å². The van der Waals surface area contributed by atoms with Crippen molar-refractivity contribution >= 4 is 23.0 Å². The van der Waals surface area contributed by atoms with Crippen LogP contribution in [0.15, 0.2) is 66.9 Å². The first-order valence-electron chi connectivity index (χ1n) is 12.9. The molecule has 0 aliphatic heterocycles. The van der Waals surface area contributed by atoms with Crippen LogP contribution in [-0.2, 0) is 6.54 Å². The van der Waals surface area contributed by atoms with E-state index in [1.165, 1.54) is 0 Å². The Hall–Kier alpha value is -4.35. The maximum Gasteiger partial charge on any atom is 0.251 e. The molecule has 0 aliphatic carbocycles. The largest absolute Gasteiger partial charge is 0.462 e. The molecule has 3 rings (SSSR count). The first kappa shape index (κ1) is 30.9. The number of pyridine rings is 1. The molecule has 0 fully saturated rings. The van der Waals surface area contributed by atoms with E-state index in [0.29, 0.717) is 35.3 Å². The Morgan fingerprint density at radius 3 is 2.33 bits per heavy atom. The van der Waals surface area contributed by atoms with Gasteiger partial charge in [0.05, 0.1) is 24.1 Å². The van der Waals surface area contributed by atoms with E-state index in [1.54, 1.807) is 42.6 Å². The Balaban J connectivity index is 0.00000124. The molecular formula is C31H39N5O3. The fourth-order valence-electron chi connectivity index (χ4n) is 3.58. The van der Waals surface area contributed by atoms with Crippen LogP contribution in [0.4, 0.5) is 11.4 Å². The van der Waals surface area contributed by atoms with E-state index < -0.39 is 6.10 Å². The third-order valence-electron chi connectivity index (χ3n) is 5.37. The lowest BCUT2D eigenvalue weighted by atomic mass is 9.98. The van der Waals surface area contributed by atoms with Gasteiger partial charge in [-0.2, -0.15) is 0 Å². The molecule has 0 bridgehead atoms. The van der Waals surface area contributed by atoms with Crippen molar-refractivity contribution in [1.29, 1.82) is 5.41 Å². The molecule has 1 aromatic heterocycles. The number of nitrogens with zero attached hydrogens (tertiary/aromatic N) is 1. The van der Waals surface area contributed by atoms with Crippen LogP contribution in [0.25, 0.3) is 0 Å². The van der Waals surface area contributed by atoms with Crippen LogP contribution in [0.2, 0.25) is 0 Å². The topological polar surface area (TPSA) is 144 Å². The molecule has 0 aliphatic rings. The molecule has 0 spiro atoms. The zero-order valence-electron chi connectivity index (χ0n) is 23.0. The van der Waals surface area contributed by atoms with Gasteiger partial charge in [0.15, 0.2) is 0 Å². The number of amides is 1. The Labute approximate surface area is 231 Å². The second-order valence-corrected chi connectivity index (χ2v) is 9.92. The highest BCUT2D eigenvalue weighted by atomic mass is 16.3. The van der Waals surface area contributed by atoms with Crippen molar-refractivity contribution < 1.29 is 15.0 Å². The Bertz CT molecular complexity index is 1260. The van der Waals surface area contributed by atoms with Gasteiger partial charge in [0.2, 0.25) is 0 Å². The number of carbonyl (C=O) groups is 1. The van der Waals surface area contributed by atoms with E-state index in [1.807, 2.05) is 37.3 Å². The quantitative estimate of drug-likeness (QED) is 0.125. The number of rotatable bonds is 10. The molecule has 7 N–H and O–H groups in total. The third-order valence-corrected chi connectivity index (χ3v) is 5.37. The predicted octanol–water partition coefficient (Wildman–Crippen LogP) is 4.95. The zero-order chi connectivity index (χ0) is 28.8. The Morgan fingerprint density at radius 1 is 1.05 bits per heavy atom. The summed E-state index contributed by atoms with van der Waals surface area (Å²) in [6.07, 6.45) is 3.51. The summed E-state index contributed by atoms with van der Waals surface area (Å²) >= 11 is 0. The lowest BCUT2D eigenvalue weighted by Gasteiger charge is -2.18. The fraction of sp³-hybridized carbons (Fsp3) is 0.323. The minimum Gasteiger partial charge on any atom is -0.462 e. The van der Waals surface area contributed by atoms with E-state index in [4.69, 9.17) is 16.2 Å². The maximum absolute atomic E-state index is 12.6. The molecule has 2 aromatic carbocycles. The Morgan fingerprint density at radius 2 is 1.72 bits per heavy atom. The van der Waals surface area contributed by atoms with Crippen LogP contribution in [0.3, 0.4) is 0 Å². The summed E-state index contributed by atoms with van der Waals surface area (Å²) in [5.74, 6) is 3.01. The number of carbonyl (C=O) groups excluding carboxylic acids is 1. The molecule has 206 valence electrons. The average molecular weight is 530 g/mol. The van der Waals surface area contributed by atoms with Crippen LogP contribution in [0.1, 0.15) is 67.7 Å². The van der Waals surface area contributed by atoms with Gasteiger partial charge in [0.25, 0.3) is 5.91 Å². The van der Waals surface area contributed by atoms with Crippen molar-refractivity contribution in [2.75, 3.05) is 11.1 Å². The molecule has 0 radical (unpaired) electrons. The number of benzene rings is 2. The van der Waals surface area contributed by atoms with Gasteiger partial charge >= 0.3 is 0 Å². The zero-order valence-corrected chi connectivity index (χ0v) is 23.0. The van der Waals surface area contributed by atoms with Crippen molar-refractivity contribution in [2.24, 2.45) is 5.92 Å². The standard InChI is InChI=1S/C27H29N5O3.C4H10/c1-18(15-23(34)6-4-14-33)32-21-10-7-19(8-11-21)26(29)24-16-20(9-12-25(24)28)27(35)31-17-22-5-2-3-13-30-22;1-4(2)3/h2-3,5,7-13,16,18,23,29,32-34H,6,15,17,28H2,1H3,(H,31,35);4H,1-3H3. The average Bonchev–Trinajstić information content (AvgIpc) is 2.91. The fourth-order valence-corrected chi connectivity index (χ4v) is 3.58. The first-order chi connectivity index (χ1) is 18.6. The lowest BCUT2D eigenvalue weighted by Crippen LogP contribution is -2.23. The molecule has 0 saturated heterocycles. The normalized spacial score (nSPS) is 11.7. The number of anilines is 2. The number of nitrogens with one attached hydrogen (secondary N) is 3. The predicted molar refractivity (Wildman–Crippen MR) is 157 cm³/mol. The highest BCUT2D eigenvalue weighted by Gasteiger charge is 2.14. The number of hydrogen-bond donors (Lipinski definition) is 6. The molecule has 1 amide bonds. The van der Waals surface area contributed by atoms with Crippen molar-refractivity contribution in [3.8, 4) is 12.0 Å². The smallest absolute Gasteiger partial charge is 0.251 e. The van der Waals surface area contributed by atoms with Gasteiger partial charge in [-0.3, -0.25) is 15.2 Å². The van der Waals surface area contributed by atoms with Gasteiger partial charge in [-0.05, 0) is 61.7 Å². The minimum absolute atomic E-state index is 0.0206. The Kier molecular flexibility index (Phi) is 12.5. The summed E-state index contributed by atoms with van der Waals surface area (Å²) in [5, 5.41) is 33.2. The van der Waals surface area contributed by atoms with Crippen LogP contribution in [0, 0.1) is 23.4 Å². The number of hydrogen-bond acceptors (Lipinski definition) is 7. The van der Waals surface area contributed by atoms with Crippen molar-refractivity contribution in [3.63, 3.8) is 0 Å². The number of nitrogen functional groups attached to an aromatic ring is 1. The highest BCUT2D eigenvalue weighted by Crippen LogP contribution is 2.21. The summed E-state index contributed by atoms with van der Waals surface area (Å²) in [6, 6.07) is 17.7. The molecule has 2 unspecified atom stereocenters. The van der Waals surface area contributed by atoms with Gasteiger partial charge < -0.3 is 26.6 Å². The third kappa shape index (κ3) is 10.9. The molecule has 2 atom stereocenters. The van der Waals surface area contributed by atoms with E-state index in [9.17, 15) is 9.90 Å². The minimum atomic E-state index is -0.638. The highest BCUT2D eigenvalue weighted by molar-refractivity contribution is 6.15. The second-order valence-electron chi connectivity index (χ2n) is 9.92. The van der Waals surface area contributed by atoms with E-state index in [2.05, 4.69) is 42.3 Å². The summed E-state index contributed by atoms with van der Waals surface area (Å²) in [5.41, 5.74) is 9.86. The van der Waals surface area contributed by atoms with Gasteiger partial charge in [-0.25, -0.2) is 0 Å². The molecule has 0 saturated carbocycles.